The molecular formula is C21H30Cl2N4O2S. The minimum Gasteiger partial charge on any atom is -0.343 e. The molecule has 1 unspecified atom stereocenters. The molecule has 2 aromatic heterocycles. The van der Waals surface area contributed by atoms with Crippen molar-refractivity contribution >= 4 is 42.1 Å². The second kappa shape index (κ2) is 10.8. The maximum Gasteiger partial charge on any atom is 0.263 e. The second-order valence-corrected chi connectivity index (χ2v) is 9.01. The zero-order valence-electron chi connectivity index (χ0n) is 17.4. The predicted molar refractivity (Wildman–Crippen MR) is 126 cm³/mol. The molecule has 2 N–H and O–H groups in total. The Bertz CT molecular complexity index is 914. The summed E-state index contributed by atoms with van der Waals surface area (Å²) >= 11 is 1.70. The van der Waals surface area contributed by atoms with Crippen molar-refractivity contribution < 1.29 is 4.79 Å². The van der Waals surface area contributed by atoms with Gasteiger partial charge in [-0.1, -0.05) is 0 Å². The third-order valence-electron chi connectivity index (χ3n) is 5.84. The van der Waals surface area contributed by atoms with Gasteiger partial charge in [0.05, 0.1) is 11.7 Å². The smallest absolute Gasteiger partial charge is 0.263 e. The third-order valence-corrected chi connectivity index (χ3v) is 7.18. The van der Waals surface area contributed by atoms with Crippen molar-refractivity contribution in [1.82, 2.24) is 20.2 Å². The summed E-state index contributed by atoms with van der Waals surface area (Å²) in [7, 11) is 0. The van der Waals surface area contributed by atoms with Crippen LogP contribution in [0.4, 0.5) is 0 Å². The monoisotopic (exact) mass is 472 g/mol. The van der Waals surface area contributed by atoms with Crippen molar-refractivity contribution in [3.05, 3.63) is 49.3 Å². The van der Waals surface area contributed by atoms with Crippen molar-refractivity contribution in [2.24, 2.45) is 0 Å². The van der Waals surface area contributed by atoms with E-state index in [2.05, 4.69) is 10.6 Å². The van der Waals surface area contributed by atoms with Crippen LogP contribution in [0.2, 0.25) is 0 Å². The lowest BCUT2D eigenvalue weighted by Gasteiger charge is -2.25. The molecule has 30 heavy (non-hydrogen) atoms. The number of nitrogens with zero attached hydrogens (tertiary/aromatic N) is 2. The van der Waals surface area contributed by atoms with E-state index >= 15 is 0 Å². The average molecular weight is 473 g/mol. The standard InChI is InChI=1S/C21H28N4O2S.2ClH/c1-13-9-12-25(15-7-10-22-11-8-15)21(27)18(13)19(26)23-14(2)20-24-16-5-3-4-6-17(16)28-20;;/h9,12,14-15,22H,3-8,10-11H2,1-2H3,(H,23,26);2*1H. The fraction of sp³-hybridized carbons (Fsp3) is 0.571. The Balaban J connectivity index is 0.00000160. The molecule has 4 rings (SSSR count). The van der Waals surface area contributed by atoms with E-state index in [4.69, 9.17) is 4.98 Å². The Morgan fingerprint density at radius 1 is 1.27 bits per heavy atom. The molecule has 1 amide bonds. The van der Waals surface area contributed by atoms with E-state index < -0.39 is 0 Å². The molecule has 0 spiro atoms. The molecule has 3 heterocycles. The fourth-order valence-corrected chi connectivity index (χ4v) is 5.33. The largest absolute Gasteiger partial charge is 0.343 e. The number of hydrogen-bond donors (Lipinski definition) is 2. The van der Waals surface area contributed by atoms with Gasteiger partial charge in [0.1, 0.15) is 10.6 Å². The maximum atomic E-state index is 13.1. The molecule has 2 aromatic rings. The molecule has 1 aliphatic carbocycles. The van der Waals surface area contributed by atoms with E-state index in [-0.39, 0.29) is 53.9 Å². The quantitative estimate of drug-likeness (QED) is 0.709. The number of halogens is 2. The van der Waals surface area contributed by atoms with Gasteiger partial charge in [-0.25, -0.2) is 4.98 Å². The summed E-state index contributed by atoms with van der Waals surface area (Å²) < 4.78 is 1.75. The Kier molecular flexibility index (Phi) is 8.91. The van der Waals surface area contributed by atoms with Gasteiger partial charge in [0.2, 0.25) is 0 Å². The second-order valence-electron chi connectivity index (χ2n) is 7.89. The molecule has 0 aromatic carbocycles. The SMILES string of the molecule is Cc1ccn(C2CCNCC2)c(=O)c1C(=O)NC(C)c1nc2c(s1)CCCC2.Cl.Cl. The molecular weight excluding hydrogens is 443 g/mol. The van der Waals surface area contributed by atoms with Gasteiger partial charge in [0.25, 0.3) is 11.5 Å². The zero-order chi connectivity index (χ0) is 19.7. The summed E-state index contributed by atoms with van der Waals surface area (Å²) in [6.07, 6.45) is 8.18. The van der Waals surface area contributed by atoms with Crippen LogP contribution in [0.1, 0.15) is 76.2 Å². The molecule has 2 aliphatic rings. The summed E-state index contributed by atoms with van der Waals surface area (Å²) in [6.45, 7) is 5.58. The number of amides is 1. The lowest BCUT2D eigenvalue weighted by Crippen LogP contribution is -2.39. The Labute approximate surface area is 193 Å². The fourth-order valence-electron chi connectivity index (χ4n) is 4.18. The van der Waals surface area contributed by atoms with Crippen molar-refractivity contribution in [2.75, 3.05) is 13.1 Å². The minimum absolute atomic E-state index is 0. The first-order chi connectivity index (χ1) is 13.5. The number of carbonyl (C=O) groups excluding carboxylic acids is 1. The van der Waals surface area contributed by atoms with Crippen LogP contribution in [-0.2, 0) is 12.8 Å². The molecule has 1 fully saturated rings. The van der Waals surface area contributed by atoms with E-state index in [0.717, 1.165) is 49.3 Å². The highest BCUT2D eigenvalue weighted by Gasteiger charge is 2.24. The molecule has 0 bridgehead atoms. The van der Waals surface area contributed by atoms with Gasteiger partial charge in [0, 0.05) is 17.1 Å². The summed E-state index contributed by atoms with van der Waals surface area (Å²) in [4.78, 5) is 32.2. The molecule has 166 valence electrons. The van der Waals surface area contributed by atoms with E-state index in [0.29, 0.717) is 0 Å². The summed E-state index contributed by atoms with van der Waals surface area (Å²) in [5, 5.41) is 7.27. The molecule has 0 saturated carbocycles. The van der Waals surface area contributed by atoms with Crippen LogP contribution in [-0.4, -0.2) is 28.5 Å². The Morgan fingerprint density at radius 2 is 1.97 bits per heavy atom. The Hall–Kier alpha value is -1.41. The molecule has 6 nitrogen and oxygen atoms in total. The van der Waals surface area contributed by atoms with Gasteiger partial charge < -0.3 is 15.2 Å². The lowest BCUT2D eigenvalue weighted by molar-refractivity contribution is 0.0936. The van der Waals surface area contributed by atoms with Crippen LogP contribution in [0.15, 0.2) is 17.1 Å². The lowest BCUT2D eigenvalue weighted by atomic mass is 10.0. The van der Waals surface area contributed by atoms with Crippen molar-refractivity contribution in [3.63, 3.8) is 0 Å². The minimum atomic E-state index is -0.300. The third kappa shape index (κ3) is 5.07. The van der Waals surface area contributed by atoms with Crippen molar-refractivity contribution in [2.45, 2.75) is 64.5 Å². The van der Waals surface area contributed by atoms with Gasteiger partial charge in [-0.05, 0) is 77.1 Å². The van der Waals surface area contributed by atoms with Gasteiger partial charge in [0.15, 0.2) is 0 Å². The normalized spacial score (nSPS) is 17.3. The number of aromatic nitrogens is 2. The highest BCUT2D eigenvalue weighted by Crippen LogP contribution is 2.29. The number of thiazole rings is 1. The molecule has 1 aliphatic heterocycles. The molecule has 1 saturated heterocycles. The number of piperidine rings is 1. The highest BCUT2D eigenvalue weighted by atomic mass is 35.5. The highest BCUT2D eigenvalue weighted by molar-refractivity contribution is 7.11. The van der Waals surface area contributed by atoms with Gasteiger partial charge in [-0.3, -0.25) is 9.59 Å². The first kappa shape index (κ1) is 24.9. The van der Waals surface area contributed by atoms with Crippen LogP contribution in [0.5, 0.6) is 0 Å². The van der Waals surface area contributed by atoms with Crippen molar-refractivity contribution in [1.29, 1.82) is 0 Å². The summed E-state index contributed by atoms with van der Waals surface area (Å²) in [5.74, 6) is -0.300. The molecule has 0 radical (unpaired) electrons. The number of fused-ring (bicyclic) bond motifs is 1. The Morgan fingerprint density at radius 3 is 2.67 bits per heavy atom. The van der Waals surface area contributed by atoms with E-state index in [9.17, 15) is 9.59 Å². The van der Waals surface area contributed by atoms with E-state index in [1.807, 2.05) is 26.1 Å². The van der Waals surface area contributed by atoms with Crippen LogP contribution in [0.3, 0.4) is 0 Å². The van der Waals surface area contributed by atoms with Crippen molar-refractivity contribution in [3.8, 4) is 0 Å². The number of hydrogen-bond acceptors (Lipinski definition) is 5. The number of aryl methyl sites for hydroxylation is 3. The topological polar surface area (TPSA) is 76.0 Å². The molecule has 9 heteroatoms. The maximum absolute atomic E-state index is 13.1. The number of nitrogens with one attached hydrogen (secondary N) is 2. The van der Waals surface area contributed by atoms with Crippen LogP contribution in [0, 0.1) is 6.92 Å². The van der Waals surface area contributed by atoms with E-state index in [1.54, 1.807) is 15.9 Å². The van der Waals surface area contributed by atoms with Crippen LogP contribution in [0.25, 0.3) is 0 Å². The first-order valence-electron chi connectivity index (χ1n) is 10.3. The number of carbonyl (C=O) groups is 1. The predicted octanol–water partition coefficient (Wildman–Crippen LogP) is 3.75. The van der Waals surface area contributed by atoms with Gasteiger partial charge in [-0.2, -0.15) is 0 Å². The van der Waals surface area contributed by atoms with Gasteiger partial charge in [-0.15, -0.1) is 36.2 Å². The number of pyridine rings is 1. The first-order valence-corrected chi connectivity index (χ1v) is 11.1. The van der Waals surface area contributed by atoms with Crippen LogP contribution >= 0.6 is 36.2 Å². The number of rotatable bonds is 4. The molecule has 1 atom stereocenters. The summed E-state index contributed by atoms with van der Waals surface area (Å²) in [6, 6.07) is 1.84. The van der Waals surface area contributed by atoms with E-state index in [1.165, 1.54) is 23.4 Å². The van der Waals surface area contributed by atoms with Gasteiger partial charge >= 0.3 is 0 Å². The average Bonchev–Trinajstić information content (AvgIpc) is 3.13. The summed E-state index contributed by atoms with van der Waals surface area (Å²) in [5.41, 5.74) is 1.99. The van der Waals surface area contributed by atoms with Crippen LogP contribution < -0.4 is 16.2 Å². The zero-order valence-corrected chi connectivity index (χ0v) is 19.9.